The number of hydrogen-bond donors (Lipinski definition) is 0. The van der Waals surface area contributed by atoms with Gasteiger partial charge in [-0.15, -0.1) is 0 Å². The third-order valence-corrected chi connectivity index (χ3v) is 5.95. The Bertz CT molecular complexity index is 561. The van der Waals surface area contributed by atoms with Crippen molar-refractivity contribution >= 4 is 37.3 Å². The molecule has 1 aromatic rings. The van der Waals surface area contributed by atoms with Crippen LogP contribution >= 0.6 is 0 Å². The summed E-state index contributed by atoms with van der Waals surface area (Å²) in [4.78, 5) is 35.6. The van der Waals surface area contributed by atoms with E-state index in [0.717, 1.165) is 4.46 Å². The molecule has 0 bridgehead atoms. The van der Waals surface area contributed by atoms with Crippen LogP contribution in [0.25, 0.3) is 0 Å². The molecule has 0 aliphatic rings. The van der Waals surface area contributed by atoms with Gasteiger partial charge in [0, 0.05) is 0 Å². The van der Waals surface area contributed by atoms with E-state index in [9.17, 15) is 14.4 Å². The molecule has 8 heteroatoms. The molecule has 1 aromatic carbocycles. The SMILES string of the molecule is COC(=O)C(OC)C(C(=O)OC)C([Se]c1ccccc1)C(=O)OC. The van der Waals surface area contributed by atoms with Gasteiger partial charge in [-0.3, -0.25) is 0 Å². The van der Waals surface area contributed by atoms with Crippen LogP contribution < -0.4 is 4.46 Å². The number of carbonyl (C=O) groups excluding carboxylic acids is 3. The molecule has 3 unspecified atom stereocenters. The van der Waals surface area contributed by atoms with Gasteiger partial charge in [-0.05, 0) is 0 Å². The summed E-state index contributed by atoms with van der Waals surface area (Å²) in [6.45, 7) is 0. The van der Waals surface area contributed by atoms with Crippen LogP contribution in [0.2, 0.25) is 4.82 Å². The zero-order valence-corrected chi connectivity index (χ0v) is 15.6. The summed E-state index contributed by atoms with van der Waals surface area (Å²) >= 11 is -0.488. The molecule has 0 fully saturated rings. The van der Waals surface area contributed by atoms with E-state index < -0.39 is 49.7 Å². The van der Waals surface area contributed by atoms with E-state index in [2.05, 4.69) is 4.74 Å². The van der Waals surface area contributed by atoms with E-state index in [1.807, 2.05) is 30.3 Å². The minimum absolute atomic E-state index is 0.488. The molecular formula is C16H20O7Se. The number of rotatable bonds is 8. The Morgan fingerprint density at radius 3 is 1.83 bits per heavy atom. The second-order valence-corrected chi connectivity index (χ2v) is 7.15. The summed E-state index contributed by atoms with van der Waals surface area (Å²) in [5.41, 5.74) is 0. The van der Waals surface area contributed by atoms with E-state index in [1.54, 1.807) is 0 Å². The van der Waals surface area contributed by atoms with Crippen molar-refractivity contribution in [1.29, 1.82) is 0 Å². The molecule has 0 saturated carbocycles. The monoisotopic (exact) mass is 404 g/mol. The molecular weight excluding hydrogens is 383 g/mol. The average molecular weight is 403 g/mol. The Kier molecular flexibility index (Phi) is 8.46. The van der Waals surface area contributed by atoms with E-state index in [-0.39, 0.29) is 0 Å². The maximum atomic E-state index is 12.3. The first-order chi connectivity index (χ1) is 11.5. The fourth-order valence-corrected chi connectivity index (χ4v) is 4.60. The van der Waals surface area contributed by atoms with E-state index in [1.165, 1.54) is 28.4 Å². The van der Waals surface area contributed by atoms with Gasteiger partial charge in [0.2, 0.25) is 0 Å². The summed E-state index contributed by atoms with van der Waals surface area (Å²) in [5.74, 6) is -3.27. The number of methoxy groups -OCH3 is 4. The van der Waals surface area contributed by atoms with Crippen molar-refractivity contribution in [3.05, 3.63) is 30.3 Å². The summed E-state index contributed by atoms with van der Waals surface area (Å²) in [5, 5.41) is 0. The van der Waals surface area contributed by atoms with Crippen molar-refractivity contribution in [2.24, 2.45) is 5.92 Å². The van der Waals surface area contributed by atoms with Crippen molar-refractivity contribution in [3.8, 4) is 0 Å². The van der Waals surface area contributed by atoms with Crippen molar-refractivity contribution in [2.45, 2.75) is 10.9 Å². The molecule has 0 spiro atoms. The van der Waals surface area contributed by atoms with Gasteiger partial charge in [0.1, 0.15) is 0 Å². The van der Waals surface area contributed by atoms with Gasteiger partial charge in [-0.1, -0.05) is 0 Å². The quantitative estimate of drug-likeness (QED) is 0.342. The molecule has 0 heterocycles. The molecule has 7 nitrogen and oxygen atoms in total. The van der Waals surface area contributed by atoms with Crippen LogP contribution in [0.1, 0.15) is 0 Å². The average Bonchev–Trinajstić information content (AvgIpc) is 2.63. The Morgan fingerprint density at radius 2 is 1.38 bits per heavy atom. The first-order valence-electron chi connectivity index (χ1n) is 6.98. The van der Waals surface area contributed by atoms with Gasteiger partial charge >= 0.3 is 146 Å². The molecule has 132 valence electrons. The van der Waals surface area contributed by atoms with Gasteiger partial charge in [-0.2, -0.15) is 0 Å². The fourth-order valence-electron chi connectivity index (χ4n) is 2.08. The fraction of sp³-hybridized carbons (Fsp3) is 0.438. The molecule has 0 aliphatic carbocycles. The molecule has 24 heavy (non-hydrogen) atoms. The summed E-state index contributed by atoms with van der Waals surface area (Å²) in [7, 11) is 4.85. The third-order valence-electron chi connectivity index (χ3n) is 3.25. The predicted octanol–water partition coefficient (Wildman–Crippen LogP) is -0.0452. The standard InChI is InChI=1S/C16H20O7Se/c1-20-12(15(18)22-3)11(14(17)21-2)13(16(19)23-4)24-10-8-6-5-7-9-10/h5-9,11-13H,1-4H3. The molecule has 1 rings (SSSR count). The van der Waals surface area contributed by atoms with E-state index >= 15 is 0 Å². The minimum atomic E-state index is -1.27. The normalized spacial score (nSPS) is 14.2. The molecule has 0 amide bonds. The van der Waals surface area contributed by atoms with Gasteiger partial charge in [0.25, 0.3) is 0 Å². The number of ether oxygens (including phenoxy) is 4. The van der Waals surface area contributed by atoms with Crippen molar-refractivity contribution in [1.82, 2.24) is 0 Å². The second kappa shape index (κ2) is 10.1. The van der Waals surface area contributed by atoms with Crippen LogP contribution in [0.4, 0.5) is 0 Å². The second-order valence-electron chi connectivity index (χ2n) is 4.60. The number of carbonyl (C=O) groups is 3. The summed E-state index contributed by atoms with van der Waals surface area (Å²) in [6, 6.07) is 9.17. The number of benzene rings is 1. The molecule has 0 aliphatic heterocycles. The van der Waals surface area contributed by atoms with Gasteiger partial charge in [-0.25, -0.2) is 0 Å². The number of hydrogen-bond acceptors (Lipinski definition) is 7. The summed E-state index contributed by atoms with van der Waals surface area (Å²) < 4.78 is 20.3. The van der Waals surface area contributed by atoms with Crippen LogP contribution in [0, 0.1) is 5.92 Å². The van der Waals surface area contributed by atoms with Gasteiger partial charge < -0.3 is 0 Å². The van der Waals surface area contributed by atoms with Crippen LogP contribution in [-0.4, -0.2) is 67.4 Å². The Balaban J connectivity index is 3.26. The van der Waals surface area contributed by atoms with Gasteiger partial charge in [0.05, 0.1) is 0 Å². The molecule has 3 atom stereocenters. The zero-order valence-electron chi connectivity index (χ0n) is 13.9. The third kappa shape index (κ3) is 5.06. The van der Waals surface area contributed by atoms with Crippen LogP contribution in [-0.2, 0) is 33.3 Å². The Morgan fingerprint density at radius 1 is 0.833 bits per heavy atom. The maximum absolute atomic E-state index is 12.3. The van der Waals surface area contributed by atoms with Crippen molar-refractivity contribution < 1.29 is 33.3 Å². The van der Waals surface area contributed by atoms with Crippen LogP contribution in [0.5, 0.6) is 0 Å². The van der Waals surface area contributed by atoms with E-state index in [0.29, 0.717) is 0 Å². The molecule has 0 aromatic heterocycles. The first-order valence-corrected chi connectivity index (χ1v) is 8.82. The Hall–Kier alpha value is -1.89. The first kappa shape index (κ1) is 20.2. The predicted molar refractivity (Wildman–Crippen MR) is 85.9 cm³/mol. The van der Waals surface area contributed by atoms with Crippen LogP contribution in [0.15, 0.2) is 30.3 Å². The zero-order chi connectivity index (χ0) is 18.1. The topological polar surface area (TPSA) is 88.1 Å². The van der Waals surface area contributed by atoms with Crippen molar-refractivity contribution in [3.63, 3.8) is 0 Å². The van der Waals surface area contributed by atoms with Crippen LogP contribution in [0.3, 0.4) is 0 Å². The molecule has 0 radical (unpaired) electrons. The Labute approximate surface area is 146 Å². The molecule has 0 N–H and O–H groups in total. The van der Waals surface area contributed by atoms with E-state index in [4.69, 9.17) is 14.2 Å². The number of esters is 3. The van der Waals surface area contributed by atoms with Gasteiger partial charge in [0.15, 0.2) is 0 Å². The van der Waals surface area contributed by atoms with Crippen molar-refractivity contribution in [2.75, 3.05) is 28.4 Å². The molecule has 0 saturated heterocycles. The summed E-state index contributed by atoms with van der Waals surface area (Å²) in [6.07, 6.45) is -1.27.